The van der Waals surface area contributed by atoms with Gasteiger partial charge < -0.3 is 9.47 Å². The van der Waals surface area contributed by atoms with Gasteiger partial charge in [-0.1, -0.05) is 0 Å². The minimum atomic E-state index is -0.441. The number of hydrogen-bond acceptors (Lipinski definition) is 5. The van der Waals surface area contributed by atoms with Crippen LogP contribution in [0, 0.1) is 0 Å². The Labute approximate surface area is 102 Å². The maximum absolute atomic E-state index is 11.7. The molecule has 0 aliphatic carbocycles. The van der Waals surface area contributed by atoms with Crippen LogP contribution in [-0.4, -0.2) is 55.1 Å². The summed E-state index contributed by atoms with van der Waals surface area (Å²) in [5, 5.41) is 0. The molecule has 98 valence electrons. The molecule has 0 bridgehead atoms. The molecule has 0 aromatic heterocycles. The van der Waals surface area contributed by atoms with Crippen LogP contribution in [0.3, 0.4) is 0 Å². The number of Topliss-reactive ketones (excluding diaryl/α,β-unsaturated/α-hetero) is 1. The molecular weight excluding hydrogens is 222 g/mol. The van der Waals surface area contributed by atoms with Crippen molar-refractivity contribution in [2.75, 3.05) is 32.9 Å². The normalized spacial score (nSPS) is 19.9. The maximum atomic E-state index is 11.7. The van der Waals surface area contributed by atoms with Gasteiger partial charge in [-0.05, 0) is 20.8 Å². The second-order valence-electron chi connectivity index (χ2n) is 4.81. The van der Waals surface area contributed by atoms with E-state index in [1.54, 1.807) is 6.92 Å². The van der Waals surface area contributed by atoms with Gasteiger partial charge in [0.1, 0.15) is 6.42 Å². The first kappa shape index (κ1) is 14.1. The predicted molar refractivity (Wildman–Crippen MR) is 62.7 cm³/mol. The Balaban J connectivity index is 2.42. The van der Waals surface area contributed by atoms with Crippen molar-refractivity contribution in [3.63, 3.8) is 0 Å². The molecule has 0 spiro atoms. The monoisotopic (exact) mass is 243 g/mol. The lowest BCUT2D eigenvalue weighted by Gasteiger charge is -2.41. The van der Waals surface area contributed by atoms with Gasteiger partial charge in [0.05, 0.1) is 26.4 Å². The zero-order chi connectivity index (χ0) is 12.9. The number of hydrogen-bond donors (Lipinski definition) is 0. The molecule has 5 heteroatoms. The third-order valence-electron chi connectivity index (χ3n) is 2.83. The quantitative estimate of drug-likeness (QED) is 0.523. The molecule has 0 aromatic rings. The van der Waals surface area contributed by atoms with Crippen molar-refractivity contribution in [1.29, 1.82) is 0 Å². The second-order valence-corrected chi connectivity index (χ2v) is 4.81. The van der Waals surface area contributed by atoms with E-state index in [1.807, 2.05) is 13.8 Å². The molecule has 0 amide bonds. The van der Waals surface area contributed by atoms with Crippen molar-refractivity contribution in [3.8, 4) is 0 Å². The van der Waals surface area contributed by atoms with Crippen molar-refractivity contribution < 1.29 is 19.1 Å². The zero-order valence-electron chi connectivity index (χ0n) is 10.8. The topological polar surface area (TPSA) is 55.8 Å². The van der Waals surface area contributed by atoms with Gasteiger partial charge in [-0.3, -0.25) is 14.5 Å². The molecule has 0 aromatic carbocycles. The lowest BCUT2D eigenvalue weighted by molar-refractivity contribution is -0.146. The Bertz CT molecular complexity index is 288. The van der Waals surface area contributed by atoms with E-state index in [2.05, 4.69) is 4.90 Å². The third-order valence-corrected chi connectivity index (χ3v) is 2.83. The van der Waals surface area contributed by atoms with Crippen LogP contribution >= 0.6 is 0 Å². The number of rotatable bonds is 5. The van der Waals surface area contributed by atoms with Gasteiger partial charge >= 0.3 is 5.97 Å². The second kappa shape index (κ2) is 6.12. The Morgan fingerprint density at radius 2 is 2.12 bits per heavy atom. The smallest absolute Gasteiger partial charge is 0.313 e. The van der Waals surface area contributed by atoms with E-state index in [-0.39, 0.29) is 24.3 Å². The van der Waals surface area contributed by atoms with Crippen LogP contribution in [-0.2, 0) is 19.1 Å². The molecule has 0 atom stereocenters. The standard InChI is InChI=1S/C12H21NO4/c1-4-17-11(15)7-10(14)8-13-5-6-16-9-12(13,2)3/h4-9H2,1-3H3. The van der Waals surface area contributed by atoms with Crippen LogP contribution in [0.4, 0.5) is 0 Å². The Morgan fingerprint density at radius 3 is 2.71 bits per heavy atom. The molecule has 1 aliphatic heterocycles. The summed E-state index contributed by atoms with van der Waals surface area (Å²) in [6.45, 7) is 8.36. The number of carbonyl (C=O) groups is 2. The highest BCUT2D eigenvalue weighted by Crippen LogP contribution is 2.18. The van der Waals surface area contributed by atoms with Crippen LogP contribution in [0.2, 0.25) is 0 Å². The van der Waals surface area contributed by atoms with E-state index in [0.717, 1.165) is 6.54 Å². The van der Waals surface area contributed by atoms with Crippen LogP contribution in [0.1, 0.15) is 27.2 Å². The summed E-state index contributed by atoms with van der Waals surface area (Å²) in [5.41, 5.74) is -0.150. The fraction of sp³-hybridized carbons (Fsp3) is 0.833. The zero-order valence-corrected chi connectivity index (χ0v) is 10.8. The van der Waals surface area contributed by atoms with Crippen LogP contribution < -0.4 is 0 Å². The van der Waals surface area contributed by atoms with Gasteiger partial charge in [-0.2, -0.15) is 0 Å². The number of carbonyl (C=O) groups excluding carboxylic acids is 2. The lowest BCUT2D eigenvalue weighted by atomic mass is 10.0. The van der Waals surface area contributed by atoms with E-state index in [1.165, 1.54) is 0 Å². The highest BCUT2D eigenvalue weighted by Gasteiger charge is 2.31. The minimum Gasteiger partial charge on any atom is -0.466 e. The molecule has 1 fully saturated rings. The van der Waals surface area contributed by atoms with Gasteiger partial charge in [0.15, 0.2) is 5.78 Å². The maximum Gasteiger partial charge on any atom is 0.313 e. The predicted octanol–water partition coefficient (Wildman–Crippen LogP) is 0.620. The van der Waals surface area contributed by atoms with E-state index in [4.69, 9.17) is 9.47 Å². The Kier molecular flexibility index (Phi) is 5.08. The first-order chi connectivity index (χ1) is 7.95. The first-order valence-electron chi connectivity index (χ1n) is 5.96. The summed E-state index contributed by atoms with van der Waals surface area (Å²) in [6.07, 6.45) is -0.138. The molecule has 1 rings (SSSR count). The molecule has 0 saturated carbocycles. The van der Waals surface area contributed by atoms with Gasteiger partial charge in [0.25, 0.3) is 0 Å². The van der Waals surface area contributed by atoms with Gasteiger partial charge in [0, 0.05) is 12.1 Å². The van der Waals surface area contributed by atoms with Crippen LogP contribution in [0.25, 0.3) is 0 Å². The SMILES string of the molecule is CCOC(=O)CC(=O)CN1CCOCC1(C)C. The summed E-state index contributed by atoms with van der Waals surface area (Å²) in [4.78, 5) is 24.9. The number of nitrogens with zero attached hydrogens (tertiary/aromatic N) is 1. The molecule has 1 heterocycles. The van der Waals surface area contributed by atoms with Gasteiger partial charge in [0.2, 0.25) is 0 Å². The van der Waals surface area contributed by atoms with Crippen LogP contribution in [0.15, 0.2) is 0 Å². The number of ketones is 1. The molecule has 5 nitrogen and oxygen atoms in total. The largest absolute Gasteiger partial charge is 0.466 e. The molecule has 0 N–H and O–H groups in total. The molecule has 0 unspecified atom stereocenters. The summed E-state index contributed by atoms with van der Waals surface area (Å²) in [5.74, 6) is -0.540. The molecule has 1 saturated heterocycles. The summed E-state index contributed by atoms with van der Waals surface area (Å²) < 4.78 is 10.1. The van der Waals surface area contributed by atoms with Gasteiger partial charge in [-0.15, -0.1) is 0 Å². The van der Waals surface area contributed by atoms with Crippen molar-refractivity contribution in [1.82, 2.24) is 4.90 Å². The molecular formula is C12H21NO4. The van der Waals surface area contributed by atoms with Crippen molar-refractivity contribution in [2.24, 2.45) is 0 Å². The minimum absolute atomic E-state index is 0.0987. The number of ether oxygens (including phenoxy) is 2. The summed E-state index contributed by atoms with van der Waals surface area (Å²) >= 11 is 0. The molecule has 17 heavy (non-hydrogen) atoms. The lowest BCUT2D eigenvalue weighted by Crippen LogP contribution is -2.54. The highest BCUT2D eigenvalue weighted by molar-refractivity contribution is 5.96. The molecule has 1 aliphatic rings. The Hall–Kier alpha value is -0.940. The molecule has 0 radical (unpaired) electrons. The number of morpholine rings is 1. The van der Waals surface area contributed by atoms with Crippen molar-refractivity contribution in [2.45, 2.75) is 32.7 Å². The summed E-state index contributed by atoms with van der Waals surface area (Å²) in [6, 6.07) is 0. The third kappa shape index (κ3) is 4.44. The van der Waals surface area contributed by atoms with E-state index in [9.17, 15) is 9.59 Å². The highest BCUT2D eigenvalue weighted by atomic mass is 16.5. The average molecular weight is 243 g/mol. The van der Waals surface area contributed by atoms with Crippen LogP contribution in [0.5, 0.6) is 0 Å². The van der Waals surface area contributed by atoms with E-state index in [0.29, 0.717) is 19.8 Å². The number of esters is 1. The van der Waals surface area contributed by atoms with Gasteiger partial charge in [-0.25, -0.2) is 0 Å². The fourth-order valence-corrected chi connectivity index (χ4v) is 1.83. The fourth-order valence-electron chi connectivity index (χ4n) is 1.83. The average Bonchev–Trinajstić information content (AvgIpc) is 2.21. The van der Waals surface area contributed by atoms with Crippen molar-refractivity contribution >= 4 is 11.8 Å². The summed E-state index contributed by atoms with van der Waals surface area (Å²) in [7, 11) is 0. The Morgan fingerprint density at radius 1 is 1.41 bits per heavy atom. The first-order valence-corrected chi connectivity index (χ1v) is 5.96. The van der Waals surface area contributed by atoms with E-state index >= 15 is 0 Å². The van der Waals surface area contributed by atoms with E-state index < -0.39 is 5.97 Å². The van der Waals surface area contributed by atoms with Crippen molar-refractivity contribution in [3.05, 3.63) is 0 Å².